The molecule has 0 saturated heterocycles. The molecule has 2 N–H and O–H groups in total. The molecule has 4 amide bonds. The van der Waals surface area contributed by atoms with Crippen LogP contribution in [0.3, 0.4) is 0 Å². The molecule has 0 fully saturated rings. The summed E-state index contributed by atoms with van der Waals surface area (Å²) in [4.78, 5) is 42.4. The van der Waals surface area contributed by atoms with E-state index >= 15 is 0 Å². The summed E-state index contributed by atoms with van der Waals surface area (Å²) >= 11 is 3.29. The smallest absolute Gasteiger partial charge is 0.316 e. The van der Waals surface area contributed by atoms with Crippen LogP contribution in [0.25, 0.3) is 0 Å². The van der Waals surface area contributed by atoms with Crippen LogP contribution in [0.4, 0.5) is 4.79 Å². The van der Waals surface area contributed by atoms with Gasteiger partial charge in [0.05, 0.1) is 13.1 Å². The Morgan fingerprint density at radius 2 is 1.84 bits per heavy atom. The SMILES string of the molecule is CCCN1C(=O)C(=NC(=O)c2ccc(Br)cc2)C(N)=[N+](CCC)C1=O. The van der Waals surface area contributed by atoms with Crippen LogP contribution in [-0.2, 0) is 4.79 Å². The van der Waals surface area contributed by atoms with Crippen molar-refractivity contribution in [3.63, 3.8) is 0 Å². The quantitative estimate of drug-likeness (QED) is 0.756. The number of halogens is 1. The first-order valence-corrected chi connectivity index (χ1v) is 8.84. The van der Waals surface area contributed by atoms with Gasteiger partial charge in [0.1, 0.15) is 0 Å². The lowest BCUT2D eigenvalue weighted by atomic mass is 10.2. The van der Waals surface area contributed by atoms with Gasteiger partial charge in [-0.2, -0.15) is 14.5 Å². The van der Waals surface area contributed by atoms with Crippen LogP contribution in [0, 0.1) is 0 Å². The molecule has 8 heteroatoms. The highest BCUT2D eigenvalue weighted by molar-refractivity contribution is 9.10. The molecule has 0 spiro atoms. The summed E-state index contributed by atoms with van der Waals surface area (Å²) in [6, 6.07) is 6.14. The summed E-state index contributed by atoms with van der Waals surface area (Å²) in [5, 5.41) is 0. The monoisotopic (exact) mass is 407 g/mol. The van der Waals surface area contributed by atoms with Crippen molar-refractivity contribution >= 4 is 45.3 Å². The fourth-order valence-electron chi connectivity index (χ4n) is 2.43. The van der Waals surface area contributed by atoms with E-state index in [0.29, 0.717) is 24.9 Å². The zero-order chi connectivity index (χ0) is 18.6. The first kappa shape index (κ1) is 19.0. The number of nitrogens with zero attached hydrogens (tertiary/aromatic N) is 3. The third-order valence-corrected chi connectivity index (χ3v) is 4.17. The molecule has 0 saturated carbocycles. The molecule has 1 aromatic rings. The molecular weight excluding hydrogens is 388 g/mol. The van der Waals surface area contributed by atoms with Gasteiger partial charge in [0.2, 0.25) is 5.71 Å². The van der Waals surface area contributed by atoms with Crippen LogP contribution in [0.15, 0.2) is 33.7 Å². The van der Waals surface area contributed by atoms with Crippen molar-refractivity contribution < 1.29 is 19.0 Å². The molecule has 7 nitrogen and oxygen atoms in total. The third kappa shape index (κ3) is 4.01. The van der Waals surface area contributed by atoms with Gasteiger partial charge in [0.15, 0.2) is 0 Å². The standard InChI is InChI=1S/C17H19BrN4O3/c1-3-9-21-14(19)13(16(24)22(10-4-2)17(21)25)20-15(23)11-5-7-12(18)8-6-11/h5-8,19H,3-4,9-10H2,1-2H3/p+1. The summed E-state index contributed by atoms with van der Waals surface area (Å²) in [6.45, 7) is 4.35. The number of benzene rings is 1. The van der Waals surface area contributed by atoms with Crippen LogP contribution in [0.1, 0.15) is 37.0 Å². The second kappa shape index (κ2) is 8.15. The van der Waals surface area contributed by atoms with Crippen molar-refractivity contribution in [2.75, 3.05) is 13.1 Å². The van der Waals surface area contributed by atoms with E-state index in [-0.39, 0.29) is 18.1 Å². The van der Waals surface area contributed by atoms with E-state index in [9.17, 15) is 14.4 Å². The zero-order valence-electron chi connectivity index (χ0n) is 14.2. The van der Waals surface area contributed by atoms with Gasteiger partial charge in [-0.15, -0.1) is 0 Å². The first-order valence-electron chi connectivity index (χ1n) is 8.05. The molecule has 1 aliphatic rings. The number of nitrogens with two attached hydrogens (primary N) is 1. The highest BCUT2D eigenvalue weighted by Gasteiger charge is 2.42. The molecule has 0 bridgehead atoms. The van der Waals surface area contributed by atoms with Crippen LogP contribution in [-0.4, -0.2) is 52.0 Å². The Morgan fingerprint density at radius 1 is 1.20 bits per heavy atom. The molecule has 132 valence electrons. The molecule has 0 aliphatic carbocycles. The average molecular weight is 408 g/mol. The van der Waals surface area contributed by atoms with E-state index in [1.54, 1.807) is 24.3 Å². The van der Waals surface area contributed by atoms with E-state index < -0.39 is 17.8 Å². The molecule has 0 unspecified atom stereocenters. The number of carbonyl (C=O) groups is 3. The minimum absolute atomic E-state index is 0.0744. The van der Waals surface area contributed by atoms with Gasteiger partial charge in [0.25, 0.3) is 11.7 Å². The van der Waals surface area contributed by atoms with E-state index in [0.717, 1.165) is 9.37 Å². The summed E-state index contributed by atoms with van der Waals surface area (Å²) in [5.41, 5.74) is 6.13. The predicted octanol–water partition coefficient (Wildman–Crippen LogP) is 2.18. The summed E-state index contributed by atoms with van der Waals surface area (Å²) in [6.07, 6.45) is 1.26. The Kier molecular flexibility index (Phi) is 6.19. The van der Waals surface area contributed by atoms with E-state index in [2.05, 4.69) is 20.9 Å². The van der Waals surface area contributed by atoms with Crippen molar-refractivity contribution in [2.24, 2.45) is 10.7 Å². The molecule has 1 aromatic carbocycles. The van der Waals surface area contributed by atoms with Crippen LogP contribution in [0.2, 0.25) is 0 Å². The minimum Gasteiger partial charge on any atom is -0.316 e. The number of amides is 4. The normalized spacial score (nSPS) is 16.8. The first-order chi connectivity index (χ1) is 11.9. The molecule has 0 atom stereocenters. The Hall–Kier alpha value is -2.35. The van der Waals surface area contributed by atoms with Gasteiger partial charge < -0.3 is 5.73 Å². The van der Waals surface area contributed by atoms with Crippen molar-refractivity contribution in [2.45, 2.75) is 26.7 Å². The maximum absolute atomic E-state index is 12.6. The van der Waals surface area contributed by atoms with E-state index in [1.165, 1.54) is 4.58 Å². The Balaban J connectivity index is 2.48. The van der Waals surface area contributed by atoms with Crippen molar-refractivity contribution in [1.29, 1.82) is 0 Å². The maximum atomic E-state index is 12.6. The van der Waals surface area contributed by atoms with E-state index in [1.807, 2.05) is 13.8 Å². The fourth-order valence-corrected chi connectivity index (χ4v) is 2.69. The molecule has 2 rings (SSSR count). The average Bonchev–Trinajstić information content (AvgIpc) is 2.60. The number of carbonyl (C=O) groups excluding carboxylic acids is 3. The second-order valence-electron chi connectivity index (χ2n) is 5.55. The van der Waals surface area contributed by atoms with Crippen LogP contribution in [0.5, 0.6) is 0 Å². The molecule has 1 aliphatic heterocycles. The molecule has 25 heavy (non-hydrogen) atoms. The minimum atomic E-state index is -0.637. The van der Waals surface area contributed by atoms with Crippen molar-refractivity contribution in [3.8, 4) is 0 Å². The van der Waals surface area contributed by atoms with Gasteiger partial charge in [-0.25, -0.2) is 9.59 Å². The summed E-state index contributed by atoms with van der Waals surface area (Å²) < 4.78 is 2.12. The van der Waals surface area contributed by atoms with Crippen LogP contribution >= 0.6 is 15.9 Å². The number of hydrogen-bond acceptors (Lipinski definition) is 4. The van der Waals surface area contributed by atoms with Gasteiger partial charge in [-0.3, -0.25) is 4.79 Å². The number of hydrogen-bond donors (Lipinski definition) is 1. The van der Waals surface area contributed by atoms with Crippen molar-refractivity contribution in [3.05, 3.63) is 34.3 Å². The fraction of sp³-hybridized carbons (Fsp3) is 0.353. The van der Waals surface area contributed by atoms with Gasteiger partial charge in [-0.05, 0) is 37.1 Å². The lowest BCUT2D eigenvalue weighted by Gasteiger charge is -2.22. The number of rotatable bonds is 5. The second-order valence-corrected chi connectivity index (χ2v) is 6.46. The maximum Gasteiger partial charge on any atom is 0.446 e. The van der Waals surface area contributed by atoms with Crippen LogP contribution < -0.4 is 5.73 Å². The Bertz CT molecular complexity index is 769. The summed E-state index contributed by atoms with van der Waals surface area (Å²) in [5.74, 6) is -1.29. The molecule has 0 radical (unpaired) electrons. The summed E-state index contributed by atoms with van der Waals surface area (Å²) in [7, 11) is 0. The zero-order valence-corrected chi connectivity index (χ0v) is 15.7. The molecule has 1 heterocycles. The topological polar surface area (TPSA) is 95.8 Å². The molecule has 0 aromatic heterocycles. The highest BCUT2D eigenvalue weighted by Crippen LogP contribution is 2.12. The van der Waals surface area contributed by atoms with Crippen molar-refractivity contribution in [1.82, 2.24) is 4.90 Å². The third-order valence-electron chi connectivity index (χ3n) is 3.64. The largest absolute Gasteiger partial charge is 0.446 e. The van der Waals surface area contributed by atoms with E-state index in [4.69, 9.17) is 5.73 Å². The number of imide groups is 1. The highest BCUT2D eigenvalue weighted by atomic mass is 79.9. The van der Waals surface area contributed by atoms with Gasteiger partial charge in [-0.1, -0.05) is 29.8 Å². The molecular formula is C17H20BrN4O3+. The Morgan fingerprint density at radius 3 is 2.40 bits per heavy atom. The van der Waals surface area contributed by atoms with Gasteiger partial charge in [0, 0.05) is 10.0 Å². The van der Waals surface area contributed by atoms with Gasteiger partial charge >= 0.3 is 11.9 Å². The number of aliphatic imine (C=N–C) groups is 1. The lowest BCUT2D eigenvalue weighted by Crippen LogP contribution is -2.58. The number of urea groups is 1. The lowest BCUT2D eigenvalue weighted by molar-refractivity contribution is -0.436. The predicted molar refractivity (Wildman–Crippen MR) is 97.9 cm³/mol. The number of amidine groups is 1. The Labute approximate surface area is 154 Å².